The van der Waals surface area contributed by atoms with Crippen LogP contribution in [0.25, 0.3) is 5.76 Å². The van der Waals surface area contributed by atoms with E-state index < -0.39 is 17.7 Å². The second-order valence-corrected chi connectivity index (χ2v) is 8.18. The van der Waals surface area contributed by atoms with Crippen LogP contribution in [-0.2, 0) is 14.3 Å². The number of aliphatic hydroxyl groups excluding tert-OH is 1. The van der Waals surface area contributed by atoms with Gasteiger partial charge in [-0.05, 0) is 48.9 Å². The first-order chi connectivity index (χ1) is 16.5. The van der Waals surface area contributed by atoms with E-state index in [1.54, 1.807) is 36.3 Å². The molecule has 8 heteroatoms. The van der Waals surface area contributed by atoms with Gasteiger partial charge in [-0.25, -0.2) is 0 Å². The van der Waals surface area contributed by atoms with E-state index in [0.717, 1.165) is 13.1 Å². The summed E-state index contributed by atoms with van der Waals surface area (Å²) >= 11 is 0. The van der Waals surface area contributed by atoms with Gasteiger partial charge in [-0.15, -0.1) is 0 Å². The molecule has 0 bridgehead atoms. The molecule has 34 heavy (non-hydrogen) atoms. The van der Waals surface area contributed by atoms with Crippen LogP contribution in [0.2, 0.25) is 0 Å². The largest absolute Gasteiger partial charge is 0.507 e. The van der Waals surface area contributed by atoms with E-state index in [0.29, 0.717) is 55.5 Å². The summed E-state index contributed by atoms with van der Waals surface area (Å²) in [5.74, 6) is -0.245. The molecule has 1 amide bonds. The molecule has 2 aliphatic rings. The molecular formula is C26H30N2O6. The summed E-state index contributed by atoms with van der Waals surface area (Å²) in [5, 5.41) is 11.2. The van der Waals surface area contributed by atoms with Crippen molar-refractivity contribution in [2.24, 2.45) is 0 Å². The standard InChI is InChI=1S/C26H30N2O6/c1-3-34-21-6-4-5-19(17-21)23-22(24(29)18-7-9-20(32-2)10-8-18)25(30)26(31)28(23)12-11-27-13-15-33-16-14-27/h4-10,17,23,29H,3,11-16H2,1-2H3/b24-22+. The Balaban J connectivity index is 1.74. The highest BCUT2D eigenvalue weighted by molar-refractivity contribution is 6.46. The minimum Gasteiger partial charge on any atom is -0.507 e. The zero-order valence-electron chi connectivity index (χ0n) is 19.5. The third-order valence-corrected chi connectivity index (χ3v) is 6.15. The van der Waals surface area contributed by atoms with Gasteiger partial charge in [-0.3, -0.25) is 14.5 Å². The van der Waals surface area contributed by atoms with Crippen molar-refractivity contribution in [1.29, 1.82) is 0 Å². The third kappa shape index (κ3) is 4.93. The van der Waals surface area contributed by atoms with Crippen molar-refractivity contribution < 1.29 is 28.9 Å². The van der Waals surface area contributed by atoms with Gasteiger partial charge in [-0.1, -0.05) is 12.1 Å². The van der Waals surface area contributed by atoms with Crippen LogP contribution < -0.4 is 9.47 Å². The number of amides is 1. The molecule has 2 aromatic carbocycles. The van der Waals surface area contributed by atoms with Gasteiger partial charge in [0.05, 0.1) is 38.5 Å². The lowest BCUT2D eigenvalue weighted by Gasteiger charge is -2.31. The van der Waals surface area contributed by atoms with Crippen molar-refractivity contribution in [3.8, 4) is 11.5 Å². The highest BCUT2D eigenvalue weighted by Gasteiger charge is 2.46. The van der Waals surface area contributed by atoms with E-state index in [9.17, 15) is 14.7 Å². The lowest BCUT2D eigenvalue weighted by Crippen LogP contribution is -2.42. The minimum atomic E-state index is -0.719. The second kappa shape index (κ2) is 10.7. The molecule has 0 aromatic heterocycles. The molecule has 0 aliphatic carbocycles. The van der Waals surface area contributed by atoms with Crippen LogP contribution in [0, 0.1) is 0 Å². The van der Waals surface area contributed by atoms with E-state index in [1.165, 1.54) is 0 Å². The summed E-state index contributed by atoms with van der Waals surface area (Å²) in [5.41, 5.74) is 1.23. The Morgan fingerprint density at radius 1 is 1.06 bits per heavy atom. The highest BCUT2D eigenvalue weighted by atomic mass is 16.5. The summed E-state index contributed by atoms with van der Waals surface area (Å²) in [7, 11) is 1.56. The summed E-state index contributed by atoms with van der Waals surface area (Å²) in [6.45, 7) is 6.21. The van der Waals surface area contributed by atoms with E-state index >= 15 is 0 Å². The molecule has 1 atom stereocenters. The SMILES string of the molecule is CCOc1cccc(C2/C(=C(\O)c3ccc(OC)cc3)C(=O)C(=O)N2CCN2CCOCC2)c1. The van der Waals surface area contributed by atoms with Gasteiger partial charge in [0.15, 0.2) is 0 Å². The smallest absolute Gasteiger partial charge is 0.295 e. The highest BCUT2D eigenvalue weighted by Crippen LogP contribution is 2.40. The molecule has 2 fully saturated rings. The fourth-order valence-electron chi connectivity index (χ4n) is 4.38. The summed E-state index contributed by atoms with van der Waals surface area (Å²) < 4.78 is 16.3. The Bertz CT molecular complexity index is 1060. The van der Waals surface area contributed by atoms with Crippen LogP contribution >= 0.6 is 0 Å². The minimum absolute atomic E-state index is 0.0748. The van der Waals surface area contributed by atoms with Gasteiger partial charge >= 0.3 is 0 Å². The van der Waals surface area contributed by atoms with Gasteiger partial charge in [0, 0.05) is 31.7 Å². The van der Waals surface area contributed by atoms with Crippen LogP contribution in [0.1, 0.15) is 24.1 Å². The average molecular weight is 467 g/mol. The Morgan fingerprint density at radius 2 is 1.79 bits per heavy atom. The van der Waals surface area contributed by atoms with Gasteiger partial charge in [-0.2, -0.15) is 0 Å². The molecule has 2 saturated heterocycles. The number of carbonyl (C=O) groups excluding carboxylic acids is 2. The van der Waals surface area contributed by atoms with Crippen LogP contribution in [0.4, 0.5) is 0 Å². The average Bonchev–Trinajstić information content (AvgIpc) is 3.13. The maximum atomic E-state index is 13.2. The van der Waals surface area contributed by atoms with Crippen molar-refractivity contribution in [1.82, 2.24) is 9.80 Å². The molecule has 1 unspecified atom stereocenters. The number of rotatable bonds is 8. The molecule has 2 heterocycles. The van der Waals surface area contributed by atoms with Gasteiger partial charge in [0.25, 0.3) is 11.7 Å². The van der Waals surface area contributed by atoms with Crippen LogP contribution in [0.15, 0.2) is 54.1 Å². The number of likely N-dealkylation sites (tertiary alicyclic amines) is 1. The third-order valence-electron chi connectivity index (χ3n) is 6.15. The number of ketones is 1. The first-order valence-corrected chi connectivity index (χ1v) is 11.5. The lowest BCUT2D eigenvalue weighted by atomic mass is 9.95. The molecular weight excluding hydrogens is 436 g/mol. The van der Waals surface area contributed by atoms with Gasteiger partial charge in [0.1, 0.15) is 17.3 Å². The van der Waals surface area contributed by atoms with Gasteiger partial charge in [0.2, 0.25) is 0 Å². The molecule has 180 valence electrons. The van der Waals surface area contributed by atoms with Crippen LogP contribution in [-0.4, -0.2) is 79.7 Å². The quantitative estimate of drug-likeness (QED) is 0.364. The molecule has 1 N–H and O–H groups in total. The number of nitrogens with zero attached hydrogens (tertiary/aromatic N) is 2. The topological polar surface area (TPSA) is 88.5 Å². The Hall–Kier alpha value is -3.36. The van der Waals surface area contributed by atoms with Crippen molar-refractivity contribution in [3.05, 3.63) is 65.2 Å². The number of benzene rings is 2. The molecule has 8 nitrogen and oxygen atoms in total. The Morgan fingerprint density at radius 3 is 2.47 bits per heavy atom. The number of aliphatic hydroxyl groups is 1. The molecule has 0 saturated carbocycles. The van der Waals surface area contributed by atoms with E-state index in [2.05, 4.69) is 4.90 Å². The number of morpholine rings is 1. The summed E-state index contributed by atoms with van der Waals surface area (Å²) in [4.78, 5) is 30.1. The number of hydrogen-bond acceptors (Lipinski definition) is 7. The number of methoxy groups -OCH3 is 1. The molecule has 0 spiro atoms. The number of Topliss-reactive ketones (excluding diaryl/α,β-unsaturated/α-hetero) is 1. The van der Waals surface area contributed by atoms with Crippen molar-refractivity contribution in [3.63, 3.8) is 0 Å². The van der Waals surface area contributed by atoms with Gasteiger partial charge < -0.3 is 24.2 Å². The maximum Gasteiger partial charge on any atom is 0.295 e. The normalized spacial score (nSPS) is 20.5. The van der Waals surface area contributed by atoms with Crippen molar-refractivity contribution >= 4 is 17.4 Å². The van der Waals surface area contributed by atoms with Crippen molar-refractivity contribution in [2.75, 3.05) is 53.1 Å². The first-order valence-electron chi connectivity index (χ1n) is 11.5. The first kappa shape index (κ1) is 23.8. The summed E-state index contributed by atoms with van der Waals surface area (Å²) in [6, 6.07) is 13.4. The molecule has 0 radical (unpaired) electrons. The monoisotopic (exact) mass is 466 g/mol. The lowest BCUT2D eigenvalue weighted by molar-refractivity contribution is -0.140. The predicted molar refractivity (Wildman–Crippen MR) is 127 cm³/mol. The van der Waals surface area contributed by atoms with Crippen molar-refractivity contribution in [2.45, 2.75) is 13.0 Å². The fraction of sp³-hybridized carbons (Fsp3) is 0.385. The van der Waals surface area contributed by atoms with E-state index in [-0.39, 0.29) is 11.3 Å². The fourth-order valence-corrected chi connectivity index (χ4v) is 4.38. The molecule has 2 aromatic rings. The predicted octanol–water partition coefficient (Wildman–Crippen LogP) is 2.85. The zero-order chi connectivity index (χ0) is 24.1. The Labute approximate surface area is 199 Å². The Kier molecular flexibility index (Phi) is 7.49. The summed E-state index contributed by atoms with van der Waals surface area (Å²) in [6.07, 6.45) is 0. The van der Waals surface area contributed by atoms with E-state index in [4.69, 9.17) is 14.2 Å². The maximum absolute atomic E-state index is 13.2. The van der Waals surface area contributed by atoms with Crippen LogP contribution in [0.5, 0.6) is 11.5 Å². The number of ether oxygens (including phenoxy) is 3. The number of carbonyl (C=O) groups is 2. The van der Waals surface area contributed by atoms with E-state index in [1.807, 2.05) is 31.2 Å². The molecule has 2 aliphatic heterocycles. The van der Waals surface area contributed by atoms with Crippen LogP contribution in [0.3, 0.4) is 0 Å². The zero-order valence-corrected chi connectivity index (χ0v) is 19.5. The number of hydrogen-bond donors (Lipinski definition) is 1. The second-order valence-electron chi connectivity index (χ2n) is 8.18. The molecule has 4 rings (SSSR count).